The molecule has 1 aliphatic rings. The van der Waals surface area contributed by atoms with Crippen molar-refractivity contribution in [3.63, 3.8) is 0 Å². The Balaban J connectivity index is 1.56. The Hall–Kier alpha value is -4.66. The van der Waals surface area contributed by atoms with Crippen LogP contribution in [0.15, 0.2) is 84.3 Å². The van der Waals surface area contributed by atoms with Gasteiger partial charge in [0.05, 0.1) is 24.1 Å². The molecule has 176 valence electrons. The molecule has 0 bridgehead atoms. The van der Waals surface area contributed by atoms with Crippen LogP contribution in [-0.2, 0) is 4.79 Å². The number of benzene rings is 2. The van der Waals surface area contributed by atoms with Crippen LogP contribution in [0, 0.1) is 0 Å². The number of anilines is 2. The molecule has 3 N–H and O–H groups in total. The number of hydrogen-bond acceptors (Lipinski definition) is 7. The number of fused-ring (bicyclic) bond motifs is 1. The van der Waals surface area contributed by atoms with Crippen molar-refractivity contribution in [2.45, 2.75) is 19.9 Å². The van der Waals surface area contributed by atoms with Crippen molar-refractivity contribution in [1.82, 2.24) is 19.7 Å². The van der Waals surface area contributed by atoms with E-state index < -0.39 is 6.04 Å². The van der Waals surface area contributed by atoms with Crippen LogP contribution in [0.2, 0.25) is 0 Å². The Kier molecular flexibility index (Phi) is 5.88. The highest BCUT2D eigenvalue weighted by atomic mass is 16.5. The van der Waals surface area contributed by atoms with E-state index in [0.29, 0.717) is 35.3 Å². The minimum absolute atomic E-state index is 0.138. The topological polar surface area (TPSA) is 114 Å². The van der Waals surface area contributed by atoms with E-state index in [1.807, 2.05) is 38.1 Å². The summed E-state index contributed by atoms with van der Waals surface area (Å²) >= 11 is 0. The number of nitrogens with zero attached hydrogens (tertiary/aromatic N) is 4. The molecule has 2 aromatic carbocycles. The monoisotopic (exact) mass is 468 g/mol. The zero-order valence-corrected chi connectivity index (χ0v) is 19.3. The van der Waals surface area contributed by atoms with Crippen LogP contribution in [-0.4, -0.2) is 37.4 Å². The Morgan fingerprint density at radius 1 is 1.14 bits per heavy atom. The van der Waals surface area contributed by atoms with E-state index in [1.165, 1.54) is 0 Å². The summed E-state index contributed by atoms with van der Waals surface area (Å²) in [6.45, 7) is 4.36. The maximum atomic E-state index is 13.5. The molecule has 0 fully saturated rings. The predicted molar refractivity (Wildman–Crippen MR) is 132 cm³/mol. The molecule has 9 heteroatoms. The van der Waals surface area contributed by atoms with Crippen molar-refractivity contribution in [3.05, 3.63) is 89.9 Å². The number of amides is 1. The average molecular weight is 469 g/mol. The Labute approximate surface area is 202 Å². The number of aromatic hydroxyl groups is 1. The van der Waals surface area contributed by atoms with Gasteiger partial charge in [-0.15, -0.1) is 5.10 Å². The second kappa shape index (κ2) is 9.30. The van der Waals surface area contributed by atoms with Crippen LogP contribution in [0.5, 0.6) is 11.5 Å². The highest BCUT2D eigenvalue weighted by Gasteiger charge is 2.34. The molecule has 5 rings (SSSR count). The number of ether oxygens (including phenoxy) is 1. The zero-order chi connectivity index (χ0) is 24.4. The molecule has 9 nitrogen and oxygen atoms in total. The quantitative estimate of drug-likeness (QED) is 0.385. The minimum Gasteiger partial charge on any atom is -0.508 e. The fraction of sp³-hybridized carbons (Fsp3) is 0.154. The number of carbonyl (C=O) groups excluding carboxylic acids is 1. The SMILES string of the molecule is CCOc1ccc(-c2nc3n(n2)C(c2ccc(O)cc2)C(C(=O)Nc2cccnc2)=C(C)N3)cc1. The summed E-state index contributed by atoms with van der Waals surface area (Å²) in [6.07, 6.45) is 3.23. The van der Waals surface area contributed by atoms with Gasteiger partial charge in [-0.05, 0) is 67.9 Å². The van der Waals surface area contributed by atoms with Gasteiger partial charge in [-0.1, -0.05) is 12.1 Å². The normalized spacial score (nSPS) is 14.7. The first-order chi connectivity index (χ1) is 17.0. The highest BCUT2D eigenvalue weighted by Crippen LogP contribution is 2.37. The Bertz CT molecular complexity index is 1380. The van der Waals surface area contributed by atoms with Gasteiger partial charge in [0, 0.05) is 17.5 Å². The zero-order valence-electron chi connectivity index (χ0n) is 19.3. The van der Waals surface area contributed by atoms with Crippen molar-refractivity contribution in [1.29, 1.82) is 0 Å². The van der Waals surface area contributed by atoms with Gasteiger partial charge in [0.1, 0.15) is 17.5 Å². The molecular formula is C26H24N6O3. The van der Waals surface area contributed by atoms with Crippen LogP contribution >= 0.6 is 0 Å². The lowest BCUT2D eigenvalue weighted by Crippen LogP contribution is -2.31. The number of hydrogen-bond donors (Lipinski definition) is 3. The number of nitrogens with one attached hydrogen (secondary N) is 2. The predicted octanol–water partition coefficient (Wildman–Crippen LogP) is 4.37. The lowest BCUT2D eigenvalue weighted by atomic mass is 9.95. The maximum absolute atomic E-state index is 13.5. The third-order valence-electron chi connectivity index (χ3n) is 5.65. The molecule has 4 aromatic rings. The molecular weight excluding hydrogens is 444 g/mol. The van der Waals surface area contributed by atoms with Crippen LogP contribution in [0.4, 0.5) is 11.6 Å². The number of phenolic OH excluding ortho intramolecular Hbond substituents is 1. The van der Waals surface area contributed by atoms with Gasteiger partial charge in [0.2, 0.25) is 5.95 Å². The van der Waals surface area contributed by atoms with Crippen LogP contribution in [0.1, 0.15) is 25.5 Å². The summed E-state index contributed by atoms with van der Waals surface area (Å²) in [4.78, 5) is 22.2. The molecule has 3 heterocycles. The first-order valence-electron chi connectivity index (χ1n) is 11.2. The number of aromatic nitrogens is 4. The van der Waals surface area contributed by atoms with Gasteiger partial charge in [-0.25, -0.2) is 4.68 Å². The lowest BCUT2D eigenvalue weighted by Gasteiger charge is -2.28. The smallest absolute Gasteiger partial charge is 0.255 e. The highest BCUT2D eigenvalue weighted by molar-refractivity contribution is 6.05. The molecule has 35 heavy (non-hydrogen) atoms. The van der Waals surface area contributed by atoms with Crippen molar-refractivity contribution < 1.29 is 14.6 Å². The van der Waals surface area contributed by atoms with Crippen molar-refractivity contribution in [2.75, 3.05) is 17.2 Å². The maximum Gasteiger partial charge on any atom is 0.255 e. The fourth-order valence-electron chi connectivity index (χ4n) is 4.03. The summed E-state index contributed by atoms with van der Waals surface area (Å²) in [5, 5.41) is 20.7. The summed E-state index contributed by atoms with van der Waals surface area (Å²) in [7, 11) is 0. The molecule has 0 saturated heterocycles. The standard InChI is InChI=1S/C26H24N6O3/c1-3-35-21-12-8-18(9-13-21)24-30-26-28-16(2)22(25(34)29-19-5-4-14-27-15-19)23(32(26)31-24)17-6-10-20(33)11-7-17/h4-15,23,33H,3H2,1-2H3,(H,29,34)(H,28,30,31). The first-order valence-corrected chi connectivity index (χ1v) is 11.2. The molecule has 1 atom stereocenters. The van der Waals surface area contributed by atoms with E-state index in [4.69, 9.17) is 14.8 Å². The van der Waals surface area contributed by atoms with Gasteiger partial charge in [-0.2, -0.15) is 4.98 Å². The molecule has 0 spiro atoms. The second-order valence-corrected chi connectivity index (χ2v) is 8.01. The van der Waals surface area contributed by atoms with Crippen LogP contribution < -0.4 is 15.4 Å². The van der Waals surface area contributed by atoms with Gasteiger partial charge in [0.15, 0.2) is 5.82 Å². The largest absolute Gasteiger partial charge is 0.508 e. The Morgan fingerprint density at radius 2 is 1.91 bits per heavy atom. The van der Waals surface area contributed by atoms with Crippen molar-refractivity contribution in [2.24, 2.45) is 0 Å². The molecule has 0 aliphatic carbocycles. The van der Waals surface area contributed by atoms with E-state index in [9.17, 15) is 9.90 Å². The molecule has 1 amide bonds. The van der Waals surface area contributed by atoms with Crippen LogP contribution in [0.3, 0.4) is 0 Å². The fourth-order valence-corrected chi connectivity index (χ4v) is 4.03. The first kappa shape index (κ1) is 22.1. The third kappa shape index (κ3) is 4.43. The van der Waals surface area contributed by atoms with E-state index in [1.54, 1.807) is 53.5 Å². The van der Waals surface area contributed by atoms with Gasteiger partial charge in [0.25, 0.3) is 5.91 Å². The molecule has 0 saturated carbocycles. The summed E-state index contributed by atoms with van der Waals surface area (Å²) in [5.41, 5.74) is 3.32. The van der Waals surface area contributed by atoms with E-state index in [2.05, 4.69) is 15.6 Å². The molecule has 1 unspecified atom stereocenters. The van der Waals surface area contributed by atoms with Crippen molar-refractivity contribution >= 4 is 17.5 Å². The summed E-state index contributed by atoms with van der Waals surface area (Å²) in [6, 6.07) is 17.3. The Morgan fingerprint density at radius 3 is 2.60 bits per heavy atom. The lowest BCUT2D eigenvalue weighted by molar-refractivity contribution is -0.113. The number of allylic oxidation sites excluding steroid dienone is 1. The van der Waals surface area contributed by atoms with Gasteiger partial charge >= 0.3 is 0 Å². The summed E-state index contributed by atoms with van der Waals surface area (Å²) in [5.74, 6) is 1.65. The minimum atomic E-state index is -0.563. The number of carbonyl (C=O) groups is 1. The molecule has 2 aromatic heterocycles. The second-order valence-electron chi connectivity index (χ2n) is 8.01. The van der Waals surface area contributed by atoms with E-state index in [-0.39, 0.29) is 11.7 Å². The molecule has 1 aliphatic heterocycles. The van der Waals surface area contributed by atoms with E-state index in [0.717, 1.165) is 16.9 Å². The third-order valence-corrected chi connectivity index (χ3v) is 5.65. The van der Waals surface area contributed by atoms with Gasteiger partial charge < -0.3 is 20.5 Å². The van der Waals surface area contributed by atoms with Crippen LogP contribution in [0.25, 0.3) is 11.4 Å². The summed E-state index contributed by atoms with van der Waals surface area (Å²) < 4.78 is 7.23. The van der Waals surface area contributed by atoms with Gasteiger partial charge in [-0.3, -0.25) is 9.78 Å². The molecule has 0 radical (unpaired) electrons. The average Bonchev–Trinajstić information content (AvgIpc) is 3.28. The van der Waals surface area contributed by atoms with Crippen molar-refractivity contribution in [3.8, 4) is 22.9 Å². The number of phenols is 1. The number of rotatable bonds is 6. The van der Waals surface area contributed by atoms with E-state index >= 15 is 0 Å². The number of pyridine rings is 1.